The van der Waals surface area contributed by atoms with Gasteiger partial charge in [-0.15, -0.1) is 0 Å². The number of rotatable bonds is 9. The Labute approximate surface area is 217 Å². The number of nitrogens with zero attached hydrogens (tertiary/aromatic N) is 2. The molecular weight excluding hydrogens is 468 g/mol. The van der Waals surface area contributed by atoms with Crippen molar-refractivity contribution in [3.63, 3.8) is 0 Å². The zero-order valence-electron chi connectivity index (χ0n) is 21.4. The van der Waals surface area contributed by atoms with E-state index < -0.39 is 5.97 Å². The maximum atomic E-state index is 13.2. The van der Waals surface area contributed by atoms with Gasteiger partial charge in [0.1, 0.15) is 0 Å². The zero-order chi connectivity index (χ0) is 26.4. The van der Waals surface area contributed by atoms with E-state index in [1.54, 1.807) is 58.2 Å². The molecule has 7 nitrogen and oxygen atoms in total. The van der Waals surface area contributed by atoms with Gasteiger partial charge in [0, 0.05) is 6.42 Å². The van der Waals surface area contributed by atoms with Gasteiger partial charge >= 0.3 is 5.97 Å². The summed E-state index contributed by atoms with van der Waals surface area (Å²) in [4.78, 5) is 25.3. The quantitative estimate of drug-likeness (QED) is 0.280. The van der Waals surface area contributed by atoms with E-state index in [1.807, 2.05) is 36.4 Å². The molecule has 7 heteroatoms. The van der Waals surface area contributed by atoms with Gasteiger partial charge in [0.05, 0.1) is 42.4 Å². The first kappa shape index (κ1) is 25.7. The molecule has 1 amide bonds. The summed E-state index contributed by atoms with van der Waals surface area (Å²) in [5, 5.41) is 5.76. The van der Waals surface area contributed by atoms with Crippen molar-refractivity contribution >= 4 is 29.4 Å². The highest BCUT2D eigenvalue weighted by molar-refractivity contribution is 6.32. The molecule has 1 aliphatic heterocycles. The average Bonchev–Trinajstić information content (AvgIpc) is 3.18. The molecule has 0 saturated carbocycles. The fourth-order valence-corrected chi connectivity index (χ4v) is 3.86. The lowest BCUT2D eigenvalue weighted by molar-refractivity contribution is -0.114. The number of hydrogen-bond acceptors (Lipinski definition) is 6. The highest BCUT2D eigenvalue weighted by Crippen LogP contribution is 2.31. The first-order chi connectivity index (χ1) is 17.9. The van der Waals surface area contributed by atoms with Crippen LogP contribution in [0.4, 0.5) is 5.69 Å². The van der Waals surface area contributed by atoms with Gasteiger partial charge in [-0.05, 0) is 74.4 Å². The molecule has 0 saturated heterocycles. The van der Waals surface area contributed by atoms with Crippen LogP contribution < -0.4 is 14.5 Å². The minimum atomic E-state index is -0.406. The number of methoxy groups -OCH3 is 1. The number of amides is 1. The molecule has 37 heavy (non-hydrogen) atoms. The summed E-state index contributed by atoms with van der Waals surface area (Å²) in [5.41, 5.74) is 4.04. The minimum Gasteiger partial charge on any atom is -0.493 e. The lowest BCUT2D eigenvalue weighted by Crippen LogP contribution is -2.21. The molecule has 0 aliphatic carbocycles. The molecular formula is C30H30N2O5. The van der Waals surface area contributed by atoms with Crippen LogP contribution in [-0.4, -0.2) is 37.4 Å². The Bertz CT molecular complexity index is 1330. The third kappa shape index (κ3) is 6.25. The standard InChI is InChI=1S/C30H30N2O5/c1-20(2)37-30(34)24-11-13-25(14-12-24)32-29(33)26(21(3)31-32)18-23-10-15-27(28(19-23)35-4)36-17-16-22-8-6-5-7-9-22/h5-15,18-20H,16-17H2,1-4H3/b26-18-. The SMILES string of the molecule is COc1cc(/C=C2\C(=O)N(c3ccc(C(=O)OC(C)C)cc3)N=C2C)ccc1OCCc1ccccc1. The van der Waals surface area contributed by atoms with Crippen molar-refractivity contribution in [2.45, 2.75) is 33.3 Å². The van der Waals surface area contributed by atoms with Gasteiger partial charge in [0.2, 0.25) is 0 Å². The summed E-state index contributed by atoms with van der Waals surface area (Å²) in [6.45, 7) is 5.90. The summed E-state index contributed by atoms with van der Waals surface area (Å²) in [6.07, 6.45) is 2.36. The number of carbonyl (C=O) groups excluding carboxylic acids is 2. The second-order valence-electron chi connectivity index (χ2n) is 8.86. The molecule has 0 radical (unpaired) electrons. The number of esters is 1. The van der Waals surface area contributed by atoms with Gasteiger partial charge in [0.15, 0.2) is 11.5 Å². The summed E-state index contributed by atoms with van der Waals surface area (Å²) in [5.74, 6) is 0.567. The summed E-state index contributed by atoms with van der Waals surface area (Å²) in [6, 6.07) is 22.3. The van der Waals surface area contributed by atoms with Crippen molar-refractivity contribution in [1.82, 2.24) is 0 Å². The van der Waals surface area contributed by atoms with Crippen LogP contribution in [0.5, 0.6) is 11.5 Å². The van der Waals surface area contributed by atoms with Crippen LogP contribution in [-0.2, 0) is 16.0 Å². The van der Waals surface area contributed by atoms with E-state index in [-0.39, 0.29) is 12.0 Å². The Morgan fingerprint density at radius 1 is 1.00 bits per heavy atom. The van der Waals surface area contributed by atoms with Crippen molar-refractivity contribution in [1.29, 1.82) is 0 Å². The third-order valence-corrected chi connectivity index (χ3v) is 5.74. The summed E-state index contributed by atoms with van der Waals surface area (Å²) in [7, 11) is 1.59. The van der Waals surface area contributed by atoms with Crippen LogP contribution in [0.1, 0.15) is 42.3 Å². The van der Waals surface area contributed by atoms with E-state index in [2.05, 4.69) is 17.2 Å². The number of anilines is 1. The van der Waals surface area contributed by atoms with Gasteiger partial charge in [-0.25, -0.2) is 4.79 Å². The minimum absolute atomic E-state index is 0.208. The first-order valence-corrected chi connectivity index (χ1v) is 12.1. The van der Waals surface area contributed by atoms with E-state index in [9.17, 15) is 9.59 Å². The monoisotopic (exact) mass is 498 g/mol. The predicted octanol–water partition coefficient (Wildman–Crippen LogP) is 5.69. The Kier molecular flexibility index (Phi) is 8.03. The van der Waals surface area contributed by atoms with E-state index in [0.717, 1.165) is 12.0 Å². The molecule has 3 aromatic rings. The van der Waals surface area contributed by atoms with Crippen molar-refractivity contribution < 1.29 is 23.8 Å². The van der Waals surface area contributed by atoms with Crippen LogP contribution >= 0.6 is 0 Å². The number of carbonyl (C=O) groups is 2. The largest absolute Gasteiger partial charge is 0.493 e. The molecule has 1 aliphatic rings. The van der Waals surface area contributed by atoms with Gasteiger partial charge in [-0.1, -0.05) is 36.4 Å². The maximum Gasteiger partial charge on any atom is 0.338 e. The predicted molar refractivity (Wildman–Crippen MR) is 144 cm³/mol. The Balaban J connectivity index is 1.46. The van der Waals surface area contributed by atoms with Gasteiger partial charge in [0.25, 0.3) is 5.91 Å². The van der Waals surface area contributed by atoms with Crippen molar-refractivity contribution in [2.75, 3.05) is 18.7 Å². The molecule has 1 heterocycles. The Morgan fingerprint density at radius 2 is 1.73 bits per heavy atom. The third-order valence-electron chi connectivity index (χ3n) is 5.74. The van der Waals surface area contributed by atoms with E-state index >= 15 is 0 Å². The van der Waals surface area contributed by atoms with Gasteiger partial charge in [-0.2, -0.15) is 10.1 Å². The zero-order valence-corrected chi connectivity index (χ0v) is 21.4. The van der Waals surface area contributed by atoms with Crippen molar-refractivity contribution in [2.24, 2.45) is 5.10 Å². The van der Waals surface area contributed by atoms with E-state index in [0.29, 0.717) is 40.6 Å². The second kappa shape index (κ2) is 11.6. The Hall–Kier alpha value is -4.39. The van der Waals surface area contributed by atoms with Crippen LogP contribution in [0.15, 0.2) is 83.5 Å². The van der Waals surface area contributed by atoms with E-state index in [4.69, 9.17) is 14.2 Å². The number of ether oxygens (including phenoxy) is 3. The lowest BCUT2D eigenvalue weighted by atomic mass is 10.1. The lowest BCUT2D eigenvalue weighted by Gasteiger charge is -2.13. The molecule has 0 atom stereocenters. The molecule has 0 spiro atoms. The molecule has 0 bridgehead atoms. The molecule has 0 N–H and O–H groups in total. The number of hydrogen-bond donors (Lipinski definition) is 0. The normalized spacial score (nSPS) is 14.2. The second-order valence-corrected chi connectivity index (χ2v) is 8.86. The molecule has 0 fully saturated rings. The van der Waals surface area contributed by atoms with E-state index in [1.165, 1.54) is 10.6 Å². The van der Waals surface area contributed by atoms with Gasteiger partial charge < -0.3 is 14.2 Å². The molecule has 190 valence electrons. The average molecular weight is 499 g/mol. The van der Waals surface area contributed by atoms with Crippen LogP contribution in [0.3, 0.4) is 0 Å². The fraction of sp³-hybridized carbons (Fsp3) is 0.233. The summed E-state index contributed by atoms with van der Waals surface area (Å²) >= 11 is 0. The van der Waals surface area contributed by atoms with Crippen LogP contribution in [0.25, 0.3) is 6.08 Å². The molecule has 0 aromatic heterocycles. The van der Waals surface area contributed by atoms with Crippen molar-refractivity contribution in [3.05, 3.63) is 95.1 Å². The van der Waals surface area contributed by atoms with Crippen molar-refractivity contribution in [3.8, 4) is 11.5 Å². The number of benzene rings is 3. The Morgan fingerprint density at radius 3 is 2.41 bits per heavy atom. The van der Waals surface area contributed by atoms with Crippen LogP contribution in [0.2, 0.25) is 0 Å². The molecule has 0 unspecified atom stereocenters. The highest BCUT2D eigenvalue weighted by Gasteiger charge is 2.29. The highest BCUT2D eigenvalue weighted by atomic mass is 16.5. The summed E-state index contributed by atoms with van der Waals surface area (Å²) < 4.78 is 16.7. The molecule has 3 aromatic carbocycles. The first-order valence-electron chi connectivity index (χ1n) is 12.1. The van der Waals surface area contributed by atoms with Gasteiger partial charge in [-0.3, -0.25) is 4.79 Å². The smallest absolute Gasteiger partial charge is 0.338 e. The fourth-order valence-electron chi connectivity index (χ4n) is 3.86. The number of hydrazone groups is 1. The molecule has 4 rings (SSSR count). The topological polar surface area (TPSA) is 77.4 Å². The maximum absolute atomic E-state index is 13.2. The van der Waals surface area contributed by atoms with Crippen LogP contribution in [0, 0.1) is 0 Å².